The Morgan fingerprint density at radius 1 is 1.33 bits per heavy atom. The van der Waals surface area contributed by atoms with Gasteiger partial charge in [-0.2, -0.15) is 5.10 Å². The number of nitrogens with one attached hydrogen (secondary N) is 3. The highest BCUT2D eigenvalue weighted by Gasteiger charge is 2.24. The van der Waals surface area contributed by atoms with Crippen LogP contribution < -0.4 is 10.0 Å². The van der Waals surface area contributed by atoms with Gasteiger partial charge in [0.05, 0.1) is 11.4 Å². The van der Waals surface area contributed by atoms with Crippen LogP contribution in [0.4, 0.5) is 5.69 Å². The molecule has 0 radical (unpaired) electrons. The summed E-state index contributed by atoms with van der Waals surface area (Å²) in [7, 11) is -1.95. The van der Waals surface area contributed by atoms with Crippen molar-refractivity contribution < 1.29 is 8.42 Å². The first-order valence-corrected chi connectivity index (χ1v) is 8.60. The quantitative estimate of drug-likeness (QED) is 0.751. The number of hydrogen-bond acceptors (Lipinski definition) is 4. The zero-order valence-electron chi connectivity index (χ0n) is 12.0. The SMILES string of the molecule is CNCc1n[nH]c(C)c1S(=O)(=O)Nc1ccc(C)c(Br)c1. The number of anilines is 1. The summed E-state index contributed by atoms with van der Waals surface area (Å²) in [6, 6.07) is 5.31. The van der Waals surface area contributed by atoms with E-state index in [2.05, 4.69) is 36.2 Å². The van der Waals surface area contributed by atoms with E-state index in [1.54, 1.807) is 26.1 Å². The lowest BCUT2D eigenvalue weighted by molar-refractivity contribution is 0.598. The summed E-state index contributed by atoms with van der Waals surface area (Å²) in [5, 5.41) is 9.65. The standard InChI is InChI=1S/C13H17BrN4O2S/c1-8-4-5-10(6-11(8)14)18-21(19,20)13-9(2)16-17-12(13)7-15-3/h4-6,15,18H,7H2,1-3H3,(H,16,17). The fraction of sp³-hybridized carbons (Fsp3) is 0.308. The average Bonchev–Trinajstić information content (AvgIpc) is 2.76. The minimum absolute atomic E-state index is 0.188. The molecule has 2 rings (SSSR count). The number of aromatic nitrogens is 2. The summed E-state index contributed by atoms with van der Waals surface area (Å²) < 4.78 is 28.6. The molecular weight excluding hydrogens is 356 g/mol. The van der Waals surface area contributed by atoms with Crippen molar-refractivity contribution in [2.24, 2.45) is 0 Å². The number of sulfonamides is 1. The van der Waals surface area contributed by atoms with E-state index >= 15 is 0 Å². The number of H-pyrrole nitrogens is 1. The van der Waals surface area contributed by atoms with Crippen molar-refractivity contribution in [1.29, 1.82) is 0 Å². The Hall–Kier alpha value is -1.38. The van der Waals surface area contributed by atoms with Crippen LogP contribution >= 0.6 is 15.9 Å². The molecule has 0 amide bonds. The maximum atomic E-state index is 12.6. The lowest BCUT2D eigenvalue weighted by Gasteiger charge is -2.10. The van der Waals surface area contributed by atoms with Crippen LogP contribution in [0.5, 0.6) is 0 Å². The molecule has 0 unspecified atom stereocenters. The Kier molecular flexibility index (Phi) is 4.70. The highest BCUT2D eigenvalue weighted by Crippen LogP contribution is 2.25. The second-order valence-electron chi connectivity index (χ2n) is 4.72. The van der Waals surface area contributed by atoms with Gasteiger partial charge in [0, 0.05) is 16.7 Å². The molecule has 114 valence electrons. The predicted octanol–water partition coefficient (Wildman–Crippen LogP) is 2.31. The molecule has 8 heteroatoms. The largest absolute Gasteiger partial charge is 0.314 e. The Morgan fingerprint density at radius 2 is 2.05 bits per heavy atom. The van der Waals surface area contributed by atoms with Crippen LogP contribution in [0.1, 0.15) is 17.0 Å². The zero-order chi connectivity index (χ0) is 15.6. The molecule has 6 nitrogen and oxygen atoms in total. The first-order valence-electron chi connectivity index (χ1n) is 6.32. The molecule has 0 aliphatic carbocycles. The van der Waals surface area contributed by atoms with E-state index in [-0.39, 0.29) is 4.90 Å². The van der Waals surface area contributed by atoms with Gasteiger partial charge in [0.2, 0.25) is 0 Å². The van der Waals surface area contributed by atoms with E-state index in [4.69, 9.17) is 0 Å². The number of aromatic amines is 1. The van der Waals surface area contributed by atoms with Gasteiger partial charge >= 0.3 is 0 Å². The molecule has 1 aromatic carbocycles. The number of benzene rings is 1. The van der Waals surface area contributed by atoms with Crippen molar-refractivity contribution in [3.63, 3.8) is 0 Å². The van der Waals surface area contributed by atoms with Crippen molar-refractivity contribution in [2.75, 3.05) is 11.8 Å². The molecule has 0 aliphatic heterocycles. The first kappa shape index (κ1) is 16.0. The van der Waals surface area contributed by atoms with Crippen molar-refractivity contribution in [3.05, 3.63) is 39.6 Å². The summed E-state index contributed by atoms with van der Waals surface area (Å²) in [4.78, 5) is 0.188. The highest BCUT2D eigenvalue weighted by atomic mass is 79.9. The second-order valence-corrected chi connectivity index (χ2v) is 7.20. The van der Waals surface area contributed by atoms with E-state index < -0.39 is 10.0 Å². The highest BCUT2D eigenvalue weighted by molar-refractivity contribution is 9.10. The van der Waals surface area contributed by atoms with Gasteiger partial charge in [-0.15, -0.1) is 0 Å². The third-order valence-corrected chi connectivity index (χ3v) is 5.44. The van der Waals surface area contributed by atoms with Gasteiger partial charge in [-0.3, -0.25) is 9.82 Å². The number of aryl methyl sites for hydroxylation is 2. The minimum Gasteiger partial charge on any atom is -0.314 e. The molecule has 3 N–H and O–H groups in total. The van der Waals surface area contributed by atoms with Gasteiger partial charge in [-0.05, 0) is 38.6 Å². The van der Waals surface area contributed by atoms with Crippen LogP contribution in [-0.2, 0) is 16.6 Å². The lowest BCUT2D eigenvalue weighted by atomic mass is 10.2. The fourth-order valence-electron chi connectivity index (χ4n) is 1.98. The fourth-order valence-corrected chi connectivity index (χ4v) is 3.77. The topological polar surface area (TPSA) is 86.9 Å². The Morgan fingerprint density at radius 3 is 2.67 bits per heavy atom. The van der Waals surface area contributed by atoms with Crippen LogP contribution in [0, 0.1) is 13.8 Å². The summed E-state index contributed by atoms with van der Waals surface area (Å²) >= 11 is 3.39. The van der Waals surface area contributed by atoms with E-state index in [9.17, 15) is 8.42 Å². The summed E-state index contributed by atoms with van der Waals surface area (Å²) in [6.45, 7) is 4.00. The molecule has 0 bridgehead atoms. The molecule has 0 spiro atoms. The Labute approximate surface area is 132 Å². The lowest BCUT2D eigenvalue weighted by Crippen LogP contribution is -2.17. The second kappa shape index (κ2) is 6.17. The Bertz CT molecular complexity index is 756. The summed E-state index contributed by atoms with van der Waals surface area (Å²) in [6.07, 6.45) is 0. The van der Waals surface area contributed by atoms with Crippen molar-refractivity contribution in [1.82, 2.24) is 15.5 Å². The normalized spacial score (nSPS) is 11.6. The first-order chi connectivity index (χ1) is 9.85. The van der Waals surface area contributed by atoms with E-state index in [1.807, 2.05) is 13.0 Å². The monoisotopic (exact) mass is 372 g/mol. The summed E-state index contributed by atoms with van der Waals surface area (Å²) in [5.74, 6) is 0. The van der Waals surface area contributed by atoms with Crippen molar-refractivity contribution in [2.45, 2.75) is 25.3 Å². The van der Waals surface area contributed by atoms with Crippen LogP contribution in [0.25, 0.3) is 0 Å². The number of hydrogen-bond donors (Lipinski definition) is 3. The Balaban J connectivity index is 2.38. The van der Waals surface area contributed by atoms with E-state index in [0.717, 1.165) is 10.0 Å². The molecule has 0 saturated carbocycles. The molecule has 0 saturated heterocycles. The van der Waals surface area contributed by atoms with Crippen LogP contribution in [0.15, 0.2) is 27.6 Å². The zero-order valence-corrected chi connectivity index (χ0v) is 14.4. The van der Waals surface area contributed by atoms with E-state index in [0.29, 0.717) is 23.6 Å². The minimum atomic E-state index is -3.69. The number of halogens is 1. The predicted molar refractivity (Wildman–Crippen MR) is 85.8 cm³/mol. The molecule has 1 heterocycles. The molecule has 21 heavy (non-hydrogen) atoms. The average molecular weight is 373 g/mol. The maximum Gasteiger partial charge on any atom is 0.265 e. The molecular formula is C13H17BrN4O2S. The number of nitrogens with zero attached hydrogens (tertiary/aromatic N) is 1. The van der Waals surface area contributed by atoms with Gasteiger partial charge in [0.1, 0.15) is 4.90 Å². The molecule has 0 fully saturated rings. The third-order valence-electron chi connectivity index (χ3n) is 3.00. The van der Waals surface area contributed by atoms with Crippen molar-refractivity contribution in [3.8, 4) is 0 Å². The maximum absolute atomic E-state index is 12.6. The third kappa shape index (κ3) is 3.45. The summed E-state index contributed by atoms with van der Waals surface area (Å²) in [5.41, 5.74) is 2.52. The van der Waals surface area contributed by atoms with Gasteiger partial charge < -0.3 is 5.32 Å². The van der Waals surface area contributed by atoms with Gasteiger partial charge in [0.15, 0.2) is 0 Å². The van der Waals surface area contributed by atoms with Gasteiger partial charge in [-0.1, -0.05) is 22.0 Å². The van der Waals surface area contributed by atoms with Crippen LogP contribution in [-0.4, -0.2) is 25.7 Å². The van der Waals surface area contributed by atoms with Crippen LogP contribution in [0.3, 0.4) is 0 Å². The van der Waals surface area contributed by atoms with E-state index in [1.165, 1.54) is 0 Å². The molecule has 0 atom stereocenters. The van der Waals surface area contributed by atoms with Gasteiger partial charge in [-0.25, -0.2) is 8.42 Å². The smallest absolute Gasteiger partial charge is 0.265 e. The number of rotatable bonds is 5. The van der Waals surface area contributed by atoms with Crippen molar-refractivity contribution >= 4 is 31.6 Å². The molecule has 1 aromatic heterocycles. The van der Waals surface area contributed by atoms with Crippen LogP contribution in [0.2, 0.25) is 0 Å². The molecule has 2 aromatic rings. The van der Waals surface area contributed by atoms with Gasteiger partial charge in [0.25, 0.3) is 10.0 Å². The molecule has 0 aliphatic rings.